The zero-order valence-electron chi connectivity index (χ0n) is 12.5. The number of benzene rings is 1. The Morgan fingerprint density at radius 3 is 2.71 bits per heavy atom. The number of aromatic nitrogens is 1. The summed E-state index contributed by atoms with van der Waals surface area (Å²) < 4.78 is 28.0. The fourth-order valence-electron chi connectivity index (χ4n) is 2.18. The molecule has 2 aromatic rings. The summed E-state index contributed by atoms with van der Waals surface area (Å²) in [5.74, 6) is 0.204. The topological polar surface area (TPSA) is 95.2 Å². The van der Waals surface area contributed by atoms with Crippen LogP contribution in [-0.4, -0.2) is 48.7 Å². The predicted molar refractivity (Wildman–Crippen MR) is 93.0 cm³/mol. The van der Waals surface area contributed by atoms with Crippen molar-refractivity contribution in [2.75, 3.05) is 13.2 Å². The molecule has 0 bridgehead atoms. The number of aliphatic hydroxyl groups is 1. The zero-order chi connectivity index (χ0) is 16.3. The van der Waals surface area contributed by atoms with Gasteiger partial charge in [0.25, 0.3) is 10.0 Å². The maximum absolute atomic E-state index is 12.1. The molecule has 0 aliphatic carbocycles. The van der Waals surface area contributed by atoms with Gasteiger partial charge in [0.05, 0.1) is 19.4 Å². The van der Waals surface area contributed by atoms with Gasteiger partial charge >= 0.3 is 0 Å². The molecule has 1 aromatic carbocycles. The first-order valence-electron chi connectivity index (χ1n) is 6.88. The Morgan fingerprint density at radius 1 is 1.21 bits per heavy atom. The summed E-state index contributed by atoms with van der Waals surface area (Å²) in [6.07, 6.45) is 4.81. The molecule has 0 radical (unpaired) electrons. The lowest BCUT2D eigenvalue weighted by Crippen LogP contribution is -2.28. The second-order valence-corrected chi connectivity index (χ2v) is 6.34. The van der Waals surface area contributed by atoms with Crippen molar-refractivity contribution in [3.8, 4) is 0 Å². The molecule has 1 aliphatic heterocycles. The molecule has 0 unspecified atom stereocenters. The lowest BCUT2D eigenvalue weighted by atomic mass is 10.2. The molecular formula is C15H15ClN4O3S. The summed E-state index contributed by atoms with van der Waals surface area (Å²) >= 11 is 0. The van der Waals surface area contributed by atoms with Gasteiger partial charge in [-0.05, 0) is 18.2 Å². The Bertz CT molecular complexity index is 869. The molecule has 9 heteroatoms. The van der Waals surface area contributed by atoms with Crippen LogP contribution in [0.15, 0.2) is 63.2 Å². The first-order valence-corrected chi connectivity index (χ1v) is 8.32. The van der Waals surface area contributed by atoms with Crippen molar-refractivity contribution in [3.63, 3.8) is 0 Å². The largest absolute Gasteiger partial charge is 0.394 e. The van der Waals surface area contributed by atoms with Crippen LogP contribution >= 0.6 is 12.4 Å². The van der Waals surface area contributed by atoms with Gasteiger partial charge in [-0.15, -0.1) is 16.8 Å². The van der Waals surface area contributed by atoms with E-state index < -0.39 is 10.0 Å². The third-order valence-electron chi connectivity index (χ3n) is 3.20. The fraction of sp³-hybridized carbons (Fsp3) is 0.133. The quantitative estimate of drug-likeness (QED) is 0.649. The smallest absolute Gasteiger partial charge is 0.285 e. The highest BCUT2D eigenvalue weighted by Crippen LogP contribution is 2.27. The maximum atomic E-state index is 12.1. The number of halogens is 1. The van der Waals surface area contributed by atoms with Gasteiger partial charge in [0, 0.05) is 23.5 Å². The number of amidine groups is 1. The van der Waals surface area contributed by atoms with E-state index in [4.69, 9.17) is 0 Å². The summed E-state index contributed by atoms with van der Waals surface area (Å²) in [4.78, 5) is 4.13. The van der Waals surface area contributed by atoms with Crippen LogP contribution in [0.25, 0.3) is 0 Å². The third kappa shape index (κ3) is 3.61. The van der Waals surface area contributed by atoms with Crippen LogP contribution in [0.4, 0.5) is 0 Å². The number of hydrogen-bond acceptors (Lipinski definition) is 6. The van der Waals surface area contributed by atoms with Crippen molar-refractivity contribution < 1.29 is 13.5 Å². The highest BCUT2D eigenvalue weighted by atomic mass is 35.5. The van der Waals surface area contributed by atoms with Crippen LogP contribution < -0.4 is 0 Å². The summed E-state index contributed by atoms with van der Waals surface area (Å²) in [6, 6.07) is 10.1. The number of fused-ring (bicyclic) bond motifs is 1. The molecule has 7 nitrogen and oxygen atoms in total. The van der Waals surface area contributed by atoms with E-state index >= 15 is 0 Å². The minimum atomic E-state index is -3.72. The molecule has 0 atom stereocenters. The van der Waals surface area contributed by atoms with Crippen LogP contribution in [0.1, 0.15) is 11.1 Å². The SMILES string of the molecule is Cl.O=S1(=O)N=C(N(CCO)N=Cc2cccnc2)c2ccccc21. The van der Waals surface area contributed by atoms with E-state index in [1.807, 2.05) is 6.07 Å². The molecular weight excluding hydrogens is 352 g/mol. The highest BCUT2D eigenvalue weighted by Gasteiger charge is 2.31. The van der Waals surface area contributed by atoms with E-state index in [2.05, 4.69) is 14.5 Å². The Balaban J connectivity index is 0.00000208. The molecule has 1 aliphatic rings. The van der Waals surface area contributed by atoms with E-state index in [1.54, 1.807) is 42.9 Å². The molecule has 24 heavy (non-hydrogen) atoms. The monoisotopic (exact) mass is 366 g/mol. The van der Waals surface area contributed by atoms with E-state index in [-0.39, 0.29) is 36.3 Å². The molecule has 0 spiro atoms. The summed E-state index contributed by atoms with van der Waals surface area (Å²) in [6.45, 7) is -0.0644. The van der Waals surface area contributed by atoms with E-state index in [0.717, 1.165) is 5.56 Å². The van der Waals surface area contributed by atoms with Crippen LogP contribution in [-0.2, 0) is 10.0 Å². The van der Waals surface area contributed by atoms with Crippen molar-refractivity contribution >= 4 is 34.5 Å². The lowest BCUT2D eigenvalue weighted by Gasteiger charge is -2.17. The molecule has 0 saturated heterocycles. The summed E-state index contributed by atoms with van der Waals surface area (Å²) in [5, 5.41) is 14.9. The van der Waals surface area contributed by atoms with Crippen molar-refractivity contribution in [3.05, 3.63) is 59.9 Å². The fourth-order valence-corrected chi connectivity index (χ4v) is 3.38. The van der Waals surface area contributed by atoms with Crippen molar-refractivity contribution in [1.82, 2.24) is 9.99 Å². The normalized spacial score (nSPS) is 14.8. The number of rotatable bonds is 4. The van der Waals surface area contributed by atoms with Gasteiger partial charge in [0.2, 0.25) is 0 Å². The maximum Gasteiger partial charge on any atom is 0.285 e. The zero-order valence-corrected chi connectivity index (χ0v) is 14.1. The van der Waals surface area contributed by atoms with Crippen molar-refractivity contribution in [1.29, 1.82) is 0 Å². The minimum Gasteiger partial charge on any atom is -0.394 e. The molecule has 3 rings (SSSR count). The van der Waals surface area contributed by atoms with E-state index in [1.165, 1.54) is 11.1 Å². The first-order chi connectivity index (χ1) is 11.1. The molecule has 1 aromatic heterocycles. The molecule has 1 N–H and O–H groups in total. The molecule has 0 amide bonds. The average molecular weight is 367 g/mol. The van der Waals surface area contributed by atoms with Crippen LogP contribution in [0.5, 0.6) is 0 Å². The Kier molecular flexibility index (Phi) is 5.66. The van der Waals surface area contributed by atoms with Gasteiger partial charge in [0.1, 0.15) is 4.90 Å². The van der Waals surface area contributed by atoms with Crippen molar-refractivity contribution in [2.24, 2.45) is 9.50 Å². The average Bonchev–Trinajstić information content (AvgIpc) is 2.84. The summed E-state index contributed by atoms with van der Waals surface area (Å²) in [5.41, 5.74) is 1.23. The number of hydrazone groups is 1. The third-order valence-corrected chi connectivity index (χ3v) is 4.52. The lowest BCUT2D eigenvalue weighted by molar-refractivity contribution is 0.254. The number of sulfonamides is 1. The standard InChI is InChI=1S/C15H14N4O3S.ClH/c20-9-8-19(17-11-12-4-3-7-16-10-12)15-13-5-1-2-6-14(13)23(21,22)18-15;/h1-7,10-11,20H,8-9H2;1H. The van der Waals surface area contributed by atoms with Crippen LogP contribution in [0.3, 0.4) is 0 Å². The molecule has 0 saturated carbocycles. The Morgan fingerprint density at radius 2 is 2.00 bits per heavy atom. The summed E-state index contributed by atoms with van der Waals surface area (Å²) in [7, 11) is -3.72. The second kappa shape index (κ2) is 7.52. The van der Waals surface area contributed by atoms with Gasteiger partial charge in [0.15, 0.2) is 5.84 Å². The van der Waals surface area contributed by atoms with Crippen molar-refractivity contribution in [2.45, 2.75) is 4.90 Å². The number of nitrogens with zero attached hydrogens (tertiary/aromatic N) is 4. The van der Waals surface area contributed by atoms with Gasteiger partial charge in [-0.1, -0.05) is 18.2 Å². The van der Waals surface area contributed by atoms with Gasteiger partial charge in [-0.25, -0.2) is 5.01 Å². The van der Waals surface area contributed by atoms with Crippen LogP contribution in [0, 0.1) is 0 Å². The van der Waals surface area contributed by atoms with Gasteiger partial charge in [-0.2, -0.15) is 13.5 Å². The van der Waals surface area contributed by atoms with E-state index in [0.29, 0.717) is 5.56 Å². The second-order valence-electron chi connectivity index (χ2n) is 4.76. The van der Waals surface area contributed by atoms with Gasteiger partial charge in [-0.3, -0.25) is 4.98 Å². The number of hydrogen-bond donors (Lipinski definition) is 1. The van der Waals surface area contributed by atoms with E-state index in [9.17, 15) is 13.5 Å². The minimum absolute atomic E-state index is 0. The predicted octanol–water partition coefficient (Wildman–Crippen LogP) is 1.28. The van der Waals surface area contributed by atoms with Crippen LogP contribution in [0.2, 0.25) is 0 Å². The number of aliphatic hydroxyl groups excluding tert-OH is 1. The molecule has 2 heterocycles. The molecule has 0 fully saturated rings. The van der Waals surface area contributed by atoms with Gasteiger partial charge < -0.3 is 5.11 Å². The number of pyridine rings is 1. The Labute approximate surface area is 145 Å². The Hall–Kier alpha value is -2.29. The highest BCUT2D eigenvalue weighted by molar-refractivity contribution is 7.90. The molecule has 126 valence electrons. The first kappa shape index (κ1) is 18.1.